The molecule has 1 aromatic carbocycles. The number of halogens is 1. The average molecular weight is 391 g/mol. The van der Waals surface area contributed by atoms with Crippen molar-refractivity contribution in [2.75, 3.05) is 0 Å². The normalized spacial score (nSPS) is 11.5. The van der Waals surface area contributed by atoms with Crippen LogP contribution in [0.25, 0.3) is 0 Å². The Bertz CT molecular complexity index is 786. The second kappa shape index (κ2) is 6.22. The SMILES string of the molecule is Cc1cccc([N+](=O)[O-])c1S(=O)(=O)NCc1sccc1Br. The summed E-state index contributed by atoms with van der Waals surface area (Å²) in [4.78, 5) is 10.8. The maximum atomic E-state index is 12.4. The molecule has 1 N–H and O–H groups in total. The van der Waals surface area contributed by atoms with Gasteiger partial charge in [0, 0.05) is 22.0 Å². The van der Waals surface area contributed by atoms with Crippen molar-refractivity contribution < 1.29 is 13.3 Å². The Morgan fingerprint density at radius 1 is 1.38 bits per heavy atom. The molecular formula is C12H11BrN2O4S2. The van der Waals surface area contributed by atoms with Gasteiger partial charge in [0.2, 0.25) is 10.0 Å². The number of rotatable bonds is 5. The van der Waals surface area contributed by atoms with Crippen molar-refractivity contribution in [3.8, 4) is 0 Å². The third-order valence-corrected chi connectivity index (χ3v) is 6.29. The summed E-state index contributed by atoms with van der Waals surface area (Å²) in [6.07, 6.45) is 0. The van der Waals surface area contributed by atoms with E-state index in [1.807, 2.05) is 11.4 Å². The summed E-state index contributed by atoms with van der Waals surface area (Å²) >= 11 is 4.70. The van der Waals surface area contributed by atoms with Crippen LogP contribution in [0.15, 0.2) is 39.0 Å². The molecule has 0 spiro atoms. The molecule has 2 aromatic rings. The van der Waals surface area contributed by atoms with Gasteiger partial charge in [-0.2, -0.15) is 0 Å². The van der Waals surface area contributed by atoms with Crippen LogP contribution in [-0.4, -0.2) is 13.3 Å². The molecule has 1 aromatic heterocycles. The first kappa shape index (κ1) is 16.1. The molecule has 0 aliphatic heterocycles. The van der Waals surface area contributed by atoms with E-state index in [2.05, 4.69) is 20.7 Å². The standard InChI is InChI=1S/C12H11BrN2O4S2/c1-8-3-2-4-10(15(16)17)12(8)21(18,19)14-7-11-9(13)5-6-20-11/h2-6,14H,7H2,1H3. The van der Waals surface area contributed by atoms with Crippen molar-refractivity contribution in [2.45, 2.75) is 18.4 Å². The zero-order chi connectivity index (χ0) is 15.6. The van der Waals surface area contributed by atoms with E-state index in [1.165, 1.54) is 36.5 Å². The number of benzene rings is 1. The minimum Gasteiger partial charge on any atom is -0.258 e. The quantitative estimate of drug-likeness (QED) is 0.626. The summed E-state index contributed by atoms with van der Waals surface area (Å²) in [6, 6.07) is 5.98. The number of hydrogen-bond acceptors (Lipinski definition) is 5. The van der Waals surface area contributed by atoms with Crippen LogP contribution in [-0.2, 0) is 16.6 Å². The molecule has 112 valence electrons. The lowest BCUT2D eigenvalue weighted by Crippen LogP contribution is -2.24. The highest BCUT2D eigenvalue weighted by Gasteiger charge is 2.27. The summed E-state index contributed by atoms with van der Waals surface area (Å²) in [5.74, 6) is 0. The summed E-state index contributed by atoms with van der Waals surface area (Å²) in [7, 11) is -3.97. The molecule has 0 radical (unpaired) electrons. The van der Waals surface area contributed by atoms with E-state index in [-0.39, 0.29) is 11.4 Å². The molecular weight excluding hydrogens is 380 g/mol. The summed E-state index contributed by atoms with van der Waals surface area (Å²) in [5.41, 5.74) is -0.0882. The fourth-order valence-electron chi connectivity index (χ4n) is 1.81. The van der Waals surface area contributed by atoms with Gasteiger partial charge >= 0.3 is 0 Å². The number of aryl methyl sites for hydroxylation is 1. The highest BCUT2D eigenvalue weighted by atomic mass is 79.9. The van der Waals surface area contributed by atoms with E-state index in [1.54, 1.807) is 0 Å². The van der Waals surface area contributed by atoms with E-state index >= 15 is 0 Å². The fourth-order valence-corrected chi connectivity index (χ4v) is 4.73. The molecule has 1 heterocycles. The monoisotopic (exact) mass is 390 g/mol. The van der Waals surface area contributed by atoms with Crippen molar-refractivity contribution in [1.29, 1.82) is 0 Å². The van der Waals surface area contributed by atoms with Crippen LogP contribution in [0.4, 0.5) is 5.69 Å². The van der Waals surface area contributed by atoms with Gasteiger partial charge in [0.25, 0.3) is 5.69 Å². The van der Waals surface area contributed by atoms with E-state index < -0.39 is 20.6 Å². The molecule has 9 heteroatoms. The third-order valence-electron chi connectivity index (χ3n) is 2.77. The Kier molecular flexibility index (Phi) is 4.77. The van der Waals surface area contributed by atoms with Crippen LogP contribution < -0.4 is 4.72 Å². The zero-order valence-electron chi connectivity index (χ0n) is 10.9. The maximum absolute atomic E-state index is 12.4. The maximum Gasteiger partial charge on any atom is 0.289 e. The van der Waals surface area contributed by atoms with E-state index in [0.29, 0.717) is 5.56 Å². The molecule has 21 heavy (non-hydrogen) atoms. The predicted octanol–water partition coefficient (Wildman–Crippen LogP) is 3.21. The van der Waals surface area contributed by atoms with Gasteiger partial charge in [0.05, 0.1) is 4.92 Å². The van der Waals surface area contributed by atoms with Gasteiger partial charge in [-0.15, -0.1) is 11.3 Å². The number of hydrogen-bond donors (Lipinski definition) is 1. The molecule has 0 fully saturated rings. The molecule has 0 saturated carbocycles. The zero-order valence-corrected chi connectivity index (χ0v) is 14.1. The molecule has 0 bridgehead atoms. The minimum absolute atomic E-state index is 0.0755. The highest BCUT2D eigenvalue weighted by molar-refractivity contribution is 9.10. The predicted molar refractivity (Wildman–Crippen MR) is 83.9 cm³/mol. The van der Waals surface area contributed by atoms with Crippen LogP contribution in [0.1, 0.15) is 10.4 Å². The molecule has 2 rings (SSSR count). The van der Waals surface area contributed by atoms with Crippen LogP contribution in [0.2, 0.25) is 0 Å². The first-order chi connectivity index (χ1) is 9.83. The Hall–Kier alpha value is -1.29. The number of nitro groups is 1. The lowest BCUT2D eigenvalue weighted by atomic mass is 10.2. The summed E-state index contributed by atoms with van der Waals surface area (Å²) in [5, 5.41) is 12.8. The van der Waals surface area contributed by atoms with Crippen LogP contribution in [0, 0.1) is 17.0 Å². The number of thiophene rings is 1. The molecule has 0 atom stereocenters. The third kappa shape index (κ3) is 3.49. The average Bonchev–Trinajstić information content (AvgIpc) is 2.81. The molecule has 0 amide bonds. The smallest absolute Gasteiger partial charge is 0.258 e. The Morgan fingerprint density at radius 3 is 2.67 bits per heavy atom. The largest absolute Gasteiger partial charge is 0.289 e. The van der Waals surface area contributed by atoms with Gasteiger partial charge in [-0.1, -0.05) is 12.1 Å². The van der Waals surface area contributed by atoms with Crippen molar-refractivity contribution in [1.82, 2.24) is 4.72 Å². The fraction of sp³-hybridized carbons (Fsp3) is 0.167. The summed E-state index contributed by atoms with van der Waals surface area (Å²) < 4.78 is 27.9. The molecule has 0 unspecified atom stereocenters. The van der Waals surface area contributed by atoms with E-state index in [4.69, 9.17) is 0 Å². The number of sulfonamides is 1. The van der Waals surface area contributed by atoms with Gasteiger partial charge in [0.15, 0.2) is 4.90 Å². The topological polar surface area (TPSA) is 89.3 Å². The molecule has 0 aliphatic rings. The Morgan fingerprint density at radius 2 is 2.10 bits per heavy atom. The van der Waals surface area contributed by atoms with E-state index in [9.17, 15) is 18.5 Å². The van der Waals surface area contributed by atoms with Crippen LogP contribution >= 0.6 is 27.3 Å². The number of nitrogens with zero attached hydrogens (tertiary/aromatic N) is 1. The van der Waals surface area contributed by atoms with Gasteiger partial charge in [0.1, 0.15) is 0 Å². The van der Waals surface area contributed by atoms with Gasteiger partial charge in [-0.05, 0) is 39.9 Å². The van der Waals surface area contributed by atoms with Crippen molar-refractivity contribution >= 4 is 43.0 Å². The van der Waals surface area contributed by atoms with Gasteiger partial charge in [-0.3, -0.25) is 10.1 Å². The first-order valence-corrected chi connectivity index (χ1v) is 8.94. The van der Waals surface area contributed by atoms with E-state index in [0.717, 1.165) is 9.35 Å². The molecule has 0 aliphatic carbocycles. The Labute approximate surface area is 134 Å². The van der Waals surface area contributed by atoms with Crippen molar-refractivity contribution in [3.63, 3.8) is 0 Å². The number of nitro benzene ring substituents is 1. The van der Waals surface area contributed by atoms with Crippen LogP contribution in [0.5, 0.6) is 0 Å². The number of nitrogens with one attached hydrogen (secondary N) is 1. The second-order valence-electron chi connectivity index (χ2n) is 4.20. The molecule has 0 saturated heterocycles. The van der Waals surface area contributed by atoms with Crippen molar-refractivity contribution in [3.05, 3.63) is 54.7 Å². The summed E-state index contributed by atoms with van der Waals surface area (Å²) in [6.45, 7) is 1.61. The highest BCUT2D eigenvalue weighted by Crippen LogP contribution is 2.28. The Balaban J connectivity index is 2.36. The first-order valence-electron chi connectivity index (χ1n) is 5.78. The minimum atomic E-state index is -3.97. The second-order valence-corrected chi connectivity index (χ2v) is 7.76. The molecule has 6 nitrogen and oxygen atoms in total. The lowest BCUT2D eigenvalue weighted by Gasteiger charge is -2.09. The van der Waals surface area contributed by atoms with Crippen molar-refractivity contribution in [2.24, 2.45) is 0 Å². The van der Waals surface area contributed by atoms with Crippen LogP contribution in [0.3, 0.4) is 0 Å². The lowest BCUT2D eigenvalue weighted by molar-refractivity contribution is -0.387. The van der Waals surface area contributed by atoms with Gasteiger partial charge in [-0.25, -0.2) is 13.1 Å². The van der Waals surface area contributed by atoms with Gasteiger partial charge < -0.3 is 0 Å².